The number of ether oxygens (including phenoxy) is 1. The maximum Gasteiger partial charge on any atom is 0.123 e. The number of hydrogen-bond acceptors (Lipinski definition) is 2. The summed E-state index contributed by atoms with van der Waals surface area (Å²) in [5, 5.41) is 1.34. The lowest BCUT2D eigenvalue weighted by Gasteiger charge is -2.55. The molecule has 2 aliphatic heterocycles. The van der Waals surface area contributed by atoms with Crippen LogP contribution in [0.1, 0.15) is 48.9 Å². The first-order valence-corrected chi connectivity index (χ1v) is 11.0. The Bertz CT molecular complexity index is 1060. The van der Waals surface area contributed by atoms with E-state index in [-0.39, 0.29) is 17.0 Å². The molecule has 29 heavy (non-hydrogen) atoms. The van der Waals surface area contributed by atoms with Gasteiger partial charge in [0.05, 0.1) is 12.3 Å². The van der Waals surface area contributed by atoms with Crippen molar-refractivity contribution < 1.29 is 9.13 Å². The molecule has 6 rings (SSSR count). The van der Waals surface area contributed by atoms with E-state index in [0.29, 0.717) is 0 Å². The van der Waals surface area contributed by atoms with Gasteiger partial charge in [0, 0.05) is 29.5 Å². The first-order chi connectivity index (χ1) is 14.2. The van der Waals surface area contributed by atoms with Crippen molar-refractivity contribution in [2.75, 3.05) is 19.7 Å². The van der Waals surface area contributed by atoms with Crippen LogP contribution in [-0.2, 0) is 22.3 Å². The van der Waals surface area contributed by atoms with Crippen molar-refractivity contribution in [1.29, 1.82) is 0 Å². The van der Waals surface area contributed by atoms with Gasteiger partial charge in [-0.1, -0.05) is 30.3 Å². The average molecular weight is 391 g/mol. The van der Waals surface area contributed by atoms with E-state index in [1.165, 1.54) is 28.6 Å². The highest BCUT2D eigenvalue weighted by atomic mass is 19.1. The first-order valence-electron chi connectivity index (χ1n) is 11.0. The summed E-state index contributed by atoms with van der Waals surface area (Å²) in [6.45, 7) is 3.01. The molecule has 3 aromatic rings. The van der Waals surface area contributed by atoms with E-state index in [1.54, 1.807) is 12.1 Å². The Labute approximate surface area is 170 Å². The second-order valence-corrected chi connectivity index (χ2v) is 9.00. The van der Waals surface area contributed by atoms with E-state index >= 15 is 0 Å². The molecule has 2 aromatic carbocycles. The molecule has 0 atom stereocenters. The van der Waals surface area contributed by atoms with Gasteiger partial charge >= 0.3 is 0 Å². The van der Waals surface area contributed by atoms with E-state index in [1.807, 2.05) is 6.07 Å². The smallest absolute Gasteiger partial charge is 0.123 e. The Kier molecular flexibility index (Phi) is 3.91. The molecule has 0 unspecified atom stereocenters. The van der Waals surface area contributed by atoms with Crippen LogP contribution < -0.4 is 0 Å². The number of H-pyrrole nitrogens is 1. The second kappa shape index (κ2) is 6.41. The summed E-state index contributed by atoms with van der Waals surface area (Å²) in [6, 6.07) is 15.9. The molecule has 1 saturated carbocycles. The third kappa shape index (κ3) is 2.55. The molecular formula is C25H27FN2O. The van der Waals surface area contributed by atoms with Crippen LogP contribution in [0.15, 0.2) is 48.5 Å². The number of benzene rings is 2. The molecule has 3 aliphatic rings. The van der Waals surface area contributed by atoms with Crippen molar-refractivity contribution in [2.45, 2.75) is 49.7 Å². The summed E-state index contributed by atoms with van der Waals surface area (Å²) < 4.78 is 20.6. The number of nitrogens with zero attached hydrogens (tertiary/aromatic N) is 1. The predicted molar refractivity (Wildman–Crippen MR) is 112 cm³/mol. The van der Waals surface area contributed by atoms with Gasteiger partial charge in [0.15, 0.2) is 0 Å². The maximum absolute atomic E-state index is 14.1. The van der Waals surface area contributed by atoms with Crippen LogP contribution in [0, 0.1) is 5.82 Å². The molecule has 1 aromatic heterocycles. The molecule has 3 nitrogen and oxygen atoms in total. The lowest BCUT2D eigenvalue weighted by Crippen LogP contribution is -2.57. The summed E-state index contributed by atoms with van der Waals surface area (Å²) in [7, 11) is 0. The van der Waals surface area contributed by atoms with Crippen molar-refractivity contribution in [3.05, 3.63) is 71.2 Å². The average Bonchev–Trinajstić information content (AvgIpc) is 3.09. The number of halogens is 1. The van der Waals surface area contributed by atoms with E-state index < -0.39 is 0 Å². The molecule has 4 heteroatoms. The van der Waals surface area contributed by atoms with Crippen molar-refractivity contribution >= 4 is 10.9 Å². The first kappa shape index (κ1) is 17.7. The number of para-hydroxylation sites is 1. The minimum Gasteiger partial charge on any atom is -0.368 e. The van der Waals surface area contributed by atoms with Crippen LogP contribution in [0.2, 0.25) is 0 Å². The van der Waals surface area contributed by atoms with E-state index in [2.05, 4.69) is 40.2 Å². The second-order valence-electron chi connectivity index (χ2n) is 9.00. The SMILES string of the molecule is Fc1cccc(C2(N3CCC3)CCC3(CC2)OCCc2c3[nH]c3ccccc23)c1. The Morgan fingerprint density at radius 2 is 1.79 bits per heavy atom. The molecule has 150 valence electrons. The lowest BCUT2D eigenvalue weighted by molar-refractivity contribution is -0.126. The third-order valence-corrected chi connectivity index (χ3v) is 7.71. The van der Waals surface area contributed by atoms with Gasteiger partial charge in [-0.25, -0.2) is 4.39 Å². The van der Waals surface area contributed by atoms with Crippen molar-refractivity contribution in [3.8, 4) is 0 Å². The fraction of sp³-hybridized carbons (Fsp3) is 0.440. The number of aromatic amines is 1. The van der Waals surface area contributed by atoms with Gasteiger partial charge < -0.3 is 9.72 Å². The number of hydrogen-bond donors (Lipinski definition) is 1. The van der Waals surface area contributed by atoms with E-state index in [0.717, 1.165) is 57.4 Å². The van der Waals surface area contributed by atoms with Crippen molar-refractivity contribution in [3.63, 3.8) is 0 Å². The Morgan fingerprint density at radius 3 is 2.55 bits per heavy atom. The molecule has 1 N–H and O–H groups in total. The number of likely N-dealkylation sites (tertiary alicyclic amines) is 1. The Hall–Kier alpha value is -2.17. The van der Waals surface area contributed by atoms with Crippen LogP contribution in [0.5, 0.6) is 0 Å². The normalized spacial score (nSPS) is 29.7. The minimum absolute atomic E-state index is 0.0570. The highest BCUT2D eigenvalue weighted by Crippen LogP contribution is 2.53. The van der Waals surface area contributed by atoms with Crippen LogP contribution in [0.3, 0.4) is 0 Å². The Morgan fingerprint density at radius 1 is 0.966 bits per heavy atom. The number of rotatable bonds is 2. The molecule has 3 heterocycles. The molecule has 1 aliphatic carbocycles. The minimum atomic E-state index is -0.228. The number of aromatic nitrogens is 1. The van der Waals surface area contributed by atoms with Gasteiger partial charge in [-0.2, -0.15) is 0 Å². The zero-order valence-electron chi connectivity index (χ0n) is 16.7. The van der Waals surface area contributed by atoms with Crippen LogP contribution in [0.25, 0.3) is 10.9 Å². The van der Waals surface area contributed by atoms with Crippen molar-refractivity contribution in [2.24, 2.45) is 0 Å². The van der Waals surface area contributed by atoms with Gasteiger partial charge in [-0.3, -0.25) is 4.90 Å². The summed E-state index contributed by atoms with van der Waals surface area (Å²) in [5.41, 5.74) is 4.80. The lowest BCUT2D eigenvalue weighted by atomic mass is 9.67. The molecule has 2 fully saturated rings. The number of nitrogens with one attached hydrogen (secondary N) is 1. The number of fused-ring (bicyclic) bond motifs is 4. The fourth-order valence-electron chi connectivity index (χ4n) is 6.04. The molecular weight excluding hydrogens is 363 g/mol. The molecule has 0 bridgehead atoms. The zero-order valence-corrected chi connectivity index (χ0v) is 16.7. The van der Waals surface area contributed by atoms with Crippen LogP contribution in [0.4, 0.5) is 4.39 Å². The molecule has 1 saturated heterocycles. The zero-order chi connectivity index (χ0) is 19.5. The largest absolute Gasteiger partial charge is 0.368 e. The van der Waals surface area contributed by atoms with Crippen LogP contribution >= 0.6 is 0 Å². The topological polar surface area (TPSA) is 28.3 Å². The van der Waals surface area contributed by atoms with Crippen molar-refractivity contribution in [1.82, 2.24) is 9.88 Å². The van der Waals surface area contributed by atoms with Gasteiger partial charge in [0.25, 0.3) is 0 Å². The van der Waals surface area contributed by atoms with Gasteiger partial charge in [-0.05, 0) is 67.9 Å². The monoisotopic (exact) mass is 390 g/mol. The summed E-state index contributed by atoms with van der Waals surface area (Å²) in [4.78, 5) is 6.28. The highest BCUT2D eigenvalue weighted by molar-refractivity contribution is 5.85. The molecule has 0 radical (unpaired) electrons. The summed E-state index contributed by atoms with van der Waals surface area (Å²) >= 11 is 0. The van der Waals surface area contributed by atoms with E-state index in [9.17, 15) is 4.39 Å². The quantitative estimate of drug-likeness (QED) is 0.647. The highest BCUT2D eigenvalue weighted by Gasteiger charge is 2.51. The standard InChI is InChI=1S/C25H27FN2O/c26-19-6-3-5-18(17-19)24(28-14-4-15-28)10-12-25(13-11-24)23-21(9-16-29-25)20-7-1-2-8-22(20)27-23/h1-3,5-8,17,27H,4,9-16H2. The van der Waals surface area contributed by atoms with Gasteiger partial charge in [0.1, 0.15) is 11.4 Å². The predicted octanol–water partition coefficient (Wildman–Crippen LogP) is 5.25. The van der Waals surface area contributed by atoms with Crippen LogP contribution in [-0.4, -0.2) is 29.6 Å². The molecule has 0 amide bonds. The van der Waals surface area contributed by atoms with E-state index in [4.69, 9.17) is 4.74 Å². The summed E-state index contributed by atoms with van der Waals surface area (Å²) in [6.07, 6.45) is 6.17. The Balaban J connectivity index is 1.39. The summed E-state index contributed by atoms with van der Waals surface area (Å²) in [5.74, 6) is -0.130. The maximum atomic E-state index is 14.1. The van der Waals surface area contributed by atoms with Gasteiger partial charge in [0.2, 0.25) is 0 Å². The van der Waals surface area contributed by atoms with Gasteiger partial charge in [-0.15, -0.1) is 0 Å². The fourth-order valence-corrected chi connectivity index (χ4v) is 6.04. The third-order valence-electron chi connectivity index (χ3n) is 7.71. The molecule has 1 spiro atoms.